The van der Waals surface area contributed by atoms with Crippen molar-refractivity contribution in [2.45, 2.75) is 36.0 Å². The maximum absolute atomic E-state index is 13.6. The van der Waals surface area contributed by atoms with E-state index in [-0.39, 0.29) is 5.82 Å². The lowest BCUT2D eigenvalue weighted by Crippen LogP contribution is -2.07. The number of hydrogen-bond donors (Lipinski definition) is 1. The van der Waals surface area contributed by atoms with Crippen molar-refractivity contribution in [3.05, 3.63) is 84.2 Å². The van der Waals surface area contributed by atoms with Gasteiger partial charge in [0.1, 0.15) is 16.7 Å². The highest BCUT2D eigenvalue weighted by Gasteiger charge is 2.16. The largest absolute Gasteiger partial charge is 0.361 e. The van der Waals surface area contributed by atoms with Gasteiger partial charge in [0.25, 0.3) is 0 Å². The summed E-state index contributed by atoms with van der Waals surface area (Å²) in [6.07, 6.45) is 9.95. The summed E-state index contributed by atoms with van der Waals surface area (Å²) in [5.41, 5.74) is 2.91. The molecule has 0 spiro atoms. The molecule has 32 heavy (non-hydrogen) atoms. The van der Waals surface area contributed by atoms with E-state index >= 15 is 0 Å². The minimum atomic E-state index is -0.252. The molecule has 1 aromatic carbocycles. The van der Waals surface area contributed by atoms with Crippen LogP contribution in [0.25, 0.3) is 10.9 Å². The van der Waals surface area contributed by atoms with Crippen LogP contribution in [-0.4, -0.2) is 34.3 Å². The van der Waals surface area contributed by atoms with Crippen molar-refractivity contribution in [1.29, 1.82) is 0 Å². The molecule has 0 aliphatic heterocycles. The number of halogens is 1. The first-order valence-electron chi connectivity index (χ1n) is 10.4. The molecule has 4 aromatic heterocycles. The Balaban J connectivity index is 1.41. The molecule has 9 heteroatoms. The maximum atomic E-state index is 13.6. The van der Waals surface area contributed by atoms with Gasteiger partial charge in [0.15, 0.2) is 5.16 Å². The lowest BCUT2D eigenvalue weighted by atomic mass is 10.1. The van der Waals surface area contributed by atoms with Gasteiger partial charge in [0.2, 0.25) is 0 Å². The Morgan fingerprint density at radius 1 is 1.12 bits per heavy atom. The van der Waals surface area contributed by atoms with E-state index in [1.807, 2.05) is 54.6 Å². The number of benzene rings is 1. The molecule has 162 valence electrons. The smallest absolute Gasteiger partial charge is 0.197 e. The molecule has 5 rings (SSSR count). The Kier molecular flexibility index (Phi) is 5.72. The number of pyridine rings is 1. The van der Waals surface area contributed by atoms with Crippen LogP contribution in [0, 0.1) is 5.82 Å². The summed E-state index contributed by atoms with van der Waals surface area (Å²) >= 11 is 1.50. The number of rotatable bonds is 8. The highest BCUT2D eigenvalue weighted by Crippen LogP contribution is 2.27. The second-order valence-corrected chi connectivity index (χ2v) is 8.62. The first-order chi connectivity index (χ1) is 15.7. The van der Waals surface area contributed by atoms with E-state index in [4.69, 9.17) is 0 Å². The third-order valence-corrected chi connectivity index (χ3v) is 6.21. The van der Waals surface area contributed by atoms with Gasteiger partial charge in [0, 0.05) is 49.5 Å². The van der Waals surface area contributed by atoms with Gasteiger partial charge in [-0.3, -0.25) is 0 Å². The summed E-state index contributed by atoms with van der Waals surface area (Å²) in [4.78, 5) is 12.0. The summed E-state index contributed by atoms with van der Waals surface area (Å²) in [6.45, 7) is 0.769. The van der Waals surface area contributed by atoms with Crippen LogP contribution < -0.4 is 0 Å². The number of nitrogens with one attached hydrogen (secondary N) is 1. The minimum absolute atomic E-state index is 0.252. The summed E-state index contributed by atoms with van der Waals surface area (Å²) in [5, 5.41) is 11.6. The van der Waals surface area contributed by atoms with Gasteiger partial charge in [0.05, 0.1) is 12.0 Å². The van der Waals surface area contributed by atoms with Crippen molar-refractivity contribution in [2.24, 2.45) is 7.05 Å². The summed E-state index contributed by atoms with van der Waals surface area (Å²) < 4.78 is 17.7. The number of nitrogens with zero attached hydrogens (tertiary/aromatic N) is 6. The number of hydrogen-bond acceptors (Lipinski definition) is 5. The van der Waals surface area contributed by atoms with Gasteiger partial charge >= 0.3 is 0 Å². The van der Waals surface area contributed by atoms with Crippen molar-refractivity contribution in [3.63, 3.8) is 0 Å². The first kappa shape index (κ1) is 20.4. The standard InChI is InChI=1S/C23H22FN7S/c1-30-14-18(27-15-30)5-4-10-31-21(28-29-23(31)32-22-6-2-3-9-25-22)11-16-13-26-20-12-17(24)7-8-19(16)20/h2-3,6-9,12-15,26H,4-5,10-11H2,1H3. The Labute approximate surface area is 188 Å². The number of imidazole rings is 1. The molecule has 0 fully saturated rings. The lowest BCUT2D eigenvalue weighted by Gasteiger charge is -2.09. The fourth-order valence-corrected chi connectivity index (χ4v) is 4.58. The zero-order valence-electron chi connectivity index (χ0n) is 17.6. The van der Waals surface area contributed by atoms with Crippen molar-refractivity contribution >= 4 is 22.7 Å². The fourth-order valence-electron chi connectivity index (χ4n) is 3.74. The number of aromatic amines is 1. The van der Waals surface area contributed by atoms with E-state index in [1.54, 1.807) is 6.20 Å². The molecule has 1 N–H and O–H groups in total. The second-order valence-electron chi connectivity index (χ2n) is 7.64. The Morgan fingerprint density at radius 3 is 2.88 bits per heavy atom. The Morgan fingerprint density at radius 2 is 2.06 bits per heavy atom. The molecule has 0 unspecified atom stereocenters. The summed E-state index contributed by atoms with van der Waals surface area (Å²) in [7, 11) is 1.98. The maximum Gasteiger partial charge on any atom is 0.197 e. The average molecular weight is 448 g/mol. The molecule has 0 saturated heterocycles. The fraction of sp³-hybridized carbons (Fsp3) is 0.217. The number of aryl methyl sites for hydroxylation is 2. The van der Waals surface area contributed by atoms with E-state index < -0.39 is 0 Å². The molecule has 0 aliphatic carbocycles. The van der Waals surface area contributed by atoms with Crippen LogP contribution in [-0.2, 0) is 26.4 Å². The van der Waals surface area contributed by atoms with E-state index in [0.717, 1.165) is 57.6 Å². The monoisotopic (exact) mass is 447 g/mol. The van der Waals surface area contributed by atoms with Crippen molar-refractivity contribution in [2.75, 3.05) is 0 Å². The Bertz CT molecular complexity index is 1340. The average Bonchev–Trinajstić information content (AvgIpc) is 3.49. The normalized spacial score (nSPS) is 11.4. The summed E-state index contributed by atoms with van der Waals surface area (Å²) in [5.74, 6) is 0.618. The third kappa shape index (κ3) is 4.43. The highest BCUT2D eigenvalue weighted by molar-refractivity contribution is 7.99. The van der Waals surface area contributed by atoms with Gasteiger partial charge in [-0.1, -0.05) is 6.07 Å². The zero-order valence-corrected chi connectivity index (χ0v) is 18.4. The van der Waals surface area contributed by atoms with Crippen LogP contribution in [0.4, 0.5) is 4.39 Å². The van der Waals surface area contributed by atoms with Gasteiger partial charge in [-0.2, -0.15) is 0 Å². The molecule has 5 aromatic rings. The van der Waals surface area contributed by atoms with Gasteiger partial charge in [-0.25, -0.2) is 14.4 Å². The Hall–Kier alpha value is -3.46. The van der Waals surface area contributed by atoms with Gasteiger partial charge in [-0.05, 0) is 60.5 Å². The van der Waals surface area contributed by atoms with Crippen LogP contribution in [0.1, 0.15) is 23.5 Å². The number of H-pyrrole nitrogens is 1. The van der Waals surface area contributed by atoms with Crippen molar-refractivity contribution < 1.29 is 4.39 Å². The van der Waals surface area contributed by atoms with E-state index in [1.165, 1.54) is 23.9 Å². The van der Waals surface area contributed by atoms with Crippen molar-refractivity contribution in [1.82, 2.24) is 34.3 Å². The second kappa shape index (κ2) is 8.96. The predicted molar refractivity (Wildman–Crippen MR) is 121 cm³/mol. The molecule has 0 radical (unpaired) electrons. The van der Waals surface area contributed by atoms with Gasteiger partial charge in [-0.15, -0.1) is 10.2 Å². The van der Waals surface area contributed by atoms with Gasteiger partial charge < -0.3 is 14.1 Å². The third-order valence-electron chi connectivity index (χ3n) is 5.28. The number of aromatic nitrogens is 7. The van der Waals surface area contributed by atoms with Crippen LogP contribution in [0.15, 0.2) is 71.5 Å². The molecule has 0 saturated carbocycles. The quantitative estimate of drug-likeness (QED) is 0.381. The molecular weight excluding hydrogens is 425 g/mol. The van der Waals surface area contributed by atoms with E-state index in [2.05, 4.69) is 29.7 Å². The lowest BCUT2D eigenvalue weighted by molar-refractivity contribution is 0.572. The highest BCUT2D eigenvalue weighted by atomic mass is 32.2. The number of fused-ring (bicyclic) bond motifs is 1. The SMILES string of the molecule is Cn1cnc(CCCn2c(Cc3c[nH]c4cc(F)ccc34)nnc2Sc2ccccn2)c1. The van der Waals surface area contributed by atoms with E-state index in [0.29, 0.717) is 6.42 Å². The van der Waals surface area contributed by atoms with Crippen LogP contribution in [0.2, 0.25) is 0 Å². The molecule has 4 heterocycles. The molecule has 0 bridgehead atoms. The predicted octanol–water partition coefficient (Wildman–Crippen LogP) is 4.40. The zero-order chi connectivity index (χ0) is 21.9. The van der Waals surface area contributed by atoms with E-state index in [9.17, 15) is 4.39 Å². The molecule has 0 atom stereocenters. The van der Waals surface area contributed by atoms with Crippen molar-refractivity contribution in [3.8, 4) is 0 Å². The molecule has 0 amide bonds. The molecule has 0 aliphatic rings. The van der Waals surface area contributed by atoms with Crippen LogP contribution >= 0.6 is 11.8 Å². The minimum Gasteiger partial charge on any atom is -0.361 e. The van der Waals surface area contributed by atoms with Crippen LogP contribution in [0.3, 0.4) is 0 Å². The topological polar surface area (TPSA) is 77.2 Å². The molecular formula is C23H22FN7S. The van der Waals surface area contributed by atoms with Crippen LogP contribution in [0.5, 0.6) is 0 Å². The first-order valence-corrected chi connectivity index (χ1v) is 11.2. The molecule has 7 nitrogen and oxygen atoms in total. The summed E-state index contributed by atoms with van der Waals surface area (Å²) in [6, 6.07) is 10.6.